The van der Waals surface area contributed by atoms with Gasteiger partial charge in [0.25, 0.3) is 0 Å². The van der Waals surface area contributed by atoms with E-state index in [1.807, 2.05) is 18.2 Å². The molecule has 16 heavy (non-hydrogen) atoms. The number of hydrogen-bond donors (Lipinski definition) is 1. The third kappa shape index (κ3) is 4.98. The molecule has 0 amide bonds. The van der Waals surface area contributed by atoms with Crippen molar-refractivity contribution >= 4 is 5.82 Å². The number of pyridine rings is 1. The molecule has 4 nitrogen and oxygen atoms in total. The molecular weight excluding hydrogens is 204 g/mol. The van der Waals surface area contributed by atoms with Crippen molar-refractivity contribution in [1.82, 2.24) is 4.98 Å². The standard InChI is InChI=1S/C12H20N2O2/c1-12(2,3)14-10-6-5-7-11(13-10)16-9-8-15-4/h5-7H,8-9H2,1-4H3,(H,13,14). The Morgan fingerprint density at radius 3 is 2.62 bits per heavy atom. The molecule has 4 heteroatoms. The Morgan fingerprint density at radius 2 is 2.00 bits per heavy atom. The summed E-state index contributed by atoms with van der Waals surface area (Å²) in [4.78, 5) is 4.34. The maximum atomic E-state index is 5.43. The summed E-state index contributed by atoms with van der Waals surface area (Å²) in [5.41, 5.74) is -0.00183. The molecule has 0 spiro atoms. The third-order valence-electron chi connectivity index (χ3n) is 1.76. The number of anilines is 1. The van der Waals surface area contributed by atoms with E-state index in [0.29, 0.717) is 19.1 Å². The molecule has 0 saturated heterocycles. The summed E-state index contributed by atoms with van der Waals surface area (Å²) < 4.78 is 10.3. The SMILES string of the molecule is COCCOc1cccc(NC(C)(C)C)n1. The van der Waals surface area contributed by atoms with Gasteiger partial charge in [-0.15, -0.1) is 0 Å². The summed E-state index contributed by atoms with van der Waals surface area (Å²) in [5.74, 6) is 1.44. The summed E-state index contributed by atoms with van der Waals surface area (Å²) in [6.07, 6.45) is 0. The van der Waals surface area contributed by atoms with Gasteiger partial charge in [0.15, 0.2) is 0 Å². The van der Waals surface area contributed by atoms with Crippen LogP contribution in [0.4, 0.5) is 5.82 Å². The van der Waals surface area contributed by atoms with Crippen molar-refractivity contribution in [3.8, 4) is 5.88 Å². The van der Waals surface area contributed by atoms with Gasteiger partial charge in [-0.2, -0.15) is 4.98 Å². The van der Waals surface area contributed by atoms with Gasteiger partial charge < -0.3 is 14.8 Å². The normalized spacial score (nSPS) is 11.2. The molecule has 0 radical (unpaired) electrons. The topological polar surface area (TPSA) is 43.4 Å². The molecule has 0 aromatic carbocycles. The van der Waals surface area contributed by atoms with Gasteiger partial charge in [0.05, 0.1) is 6.61 Å². The van der Waals surface area contributed by atoms with Gasteiger partial charge in [-0.1, -0.05) is 6.07 Å². The number of ether oxygens (including phenoxy) is 2. The Kier molecular flexibility index (Phi) is 4.55. The first-order chi connectivity index (χ1) is 7.51. The number of methoxy groups -OCH3 is 1. The van der Waals surface area contributed by atoms with E-state index in [4.69, 9.17) is 9.47 Å². The summed E-state index contributed by atoms with van der Waals surface area (Å²) >= 11 is 0. The molecule has 0 fully saturated rings. The van der Waals surface area contributed by atoms with Crippen LogP contribution in [0.1, 0.15) is 20.8 Å². The molecule has 1 aromatic rings. The zero-order valence-electron chi connectivity index (χ0n) is 10.4. The lowest BCUT2D eigenvalue weighted by Crippen LogP contribution is -2.26. The molecule has 0 atom stereocenters. The molecule has 0 unspecified atom stereocenters. The van der Waals surface area contributed by atoms with E-state index in [9.17, 15) is 0 Å². The fourth-order valence-corrected chi connectivity index (χ4v) is 1.18. The molecule has 0 aliphatic carbocycles. The maximum Gasteiger partial charge on any atom is 0.215 e. The van der Waals surface area contributed by atoms with Crippen LogP contribution in [0, 0.1) is 0 Å². The molecule has 0 saturated carbocycles. The van der Waals surface area contributed by atoms with Gasteiger partial charge in [-0.3, -0.25) is 0 Å². The largest absolute Gasteiger partial charge is 0.475 e. The quantitative estimate of drug-likeness (QED) is 0.779. The van der Waals surface area contributed by atoms with Crippen LogP contribution in [0.2, 0.25) is 0 Å². The van der Waals surface area contributed by atoms with Crippen LogP contribution in [0.25, 0.3) is 0 Å². The van der Waals surface area contributed by atoms with Gasteiger partial charge in [-0.05, 0) is 26.8 Å². The number of rotatable bonds is 5. The van der Waals surface area contributed by atoms with E-state index in [-0.39, 0.29) is 5.54 Å². The summed E-state index contributed by atoms with van der Waals surface area (Å²) in [7, 11) is 1.65. The summed E-state index contributed by atoms with van der Waals surface area (Å²) in [6, 6.07) is 5.68. The van der Waals surface area contributed by atoms with E-state index in [0.717, 1.165) is 5.82 Å². The van der Waals surface area contributed by atoms with Crippen LogP contribution >= 0.6 is 0 Å². The molecule has 0 aliphatic rings. The maximum absolute atomic E-state index is 5.43. The number of nitrogens with one attached hydrogen (secondary N) is 1. The van der Waals surface area contributed by atoms with Crippen molar-refractivity contribution in [2.45, 2.75) is 26.3 Å². The van der Waals surface area contributed by atoms with Crippen molar-refractivity contribution in [2.24, 2.45) is 0 Å². The first-order valence-corrected chi connectivity index (χ1v) is 5.38. The van der Waals surface area contributed by atoms with Crippen LogP contribution in [-0.4, -0.2) is 30.8 Å². The highest BCUT2D eigenvalue weighted by Crippen LogP contribution is 2.15. The second-order valence-corrected chi connectivity index (χ2v) is 4.58. The first-order valence-electron chi connectivity index (χ1n) is 5.38. The molecule has 90 valence electrons. The average molecular weight is 224 g/mol. The predicted molar refractivity (Wildman–Crippen MR) is 65.0 cm³/mol. The third-order valence-corrected chi connectivity index (χ3v) is 1.76. The Morgan fingerprint density at radius 1 is 1.25 bits per heavy atom. The zero-order chi connectivity index (χ0) is 12.0. The summed E-state index contributed by atoms with van der Waals surface area (Å²) in [6.45, 7) is 7.36. The minimum atomic E-state index is -0.00183. The Balaban J connectivity index is 2.57. The van der Waals surface area contributed by atoms with E-state index in [1.54, 1.807) is 7.11 Å². The van der Waals surface area contributed by atoms with Crippen molar-refractivity contribution in [3.05, 3.63) is 18.2 Å². The van der Waals surface area contributed by atoms with E-state index >= 15 is 0 Å². The molecule has 1 rings (SSSR count). The minimum Gasteiger partial charge on any atom is -0.475 e. The van der Waals surface area contributed by atoms with Gasteiger partial charge in [0.1, 0.15) is 12.4 Å². The van der Waals surface area contributed by atoms with Crippen LogP contribution in [-0.2, 0) is 4.74 Å². The van der Waals surface area contributed by atoms with Gasteiger partial charge in [-0.25, -0.2) is 0 Å². The smallest absolute Gasteiger partial charge is 0.215 e. The lowest BCUT2D eigenvalue weighted by Gasteiger charge is -2.21. The van der Waals surface area contributed by atoms with Gasteiger partial charge >= 0.3 is 0 Å². The molecular formula is C12H20N2O2. The number of hydrogen-bond acceptors (Lipinski definition) is 4. The van der Waals surface area contributed by atoms with Crippen LogP contribution < -0.4 is 10.1 Å². The van der Waals surface area contributed by atoms with Crippen molar-refractivity contribution in [2.75, 3.05) is 25.6 Å². The first kappa shape index (κ1) is 12.8. The van der Waals surface area contributed by atoms with Crippen LogP contribution in [0.5, 0.6) is 5.88 Å². The lowest BCUT2D eigenvalue weighted by atomic mass is 10.1. The second kappa shape index (κ2) is 5.70. The van der Waals surface area contributed by atoms with Crippen molar-refractivity contribution in [1.29, 1.82) is 0 Å². The molecule has 1 heterocycles. The number of aromatic nitrogens is 1. The second-order valence-electron chi connectivity index (χ2n) is 4.58. The van der Waals surface area contributed by atoms with Crippen molar-refractivity contribution in [3.63, 3.8) is 0 Å². The predicted octanol–water partition coefficient (Wildman–Crippen LogP) is 2.32. The number of nitrogens with zero attached hydrogens (tertiary/aromatic N) is 1. The lowest BCUT2D eigenvalue weighted by molar-refractivity contribution is 0.144. The monoisotopic (exact) mass is 224 g/mol. The van der Waals surface area contributed by atoms with E-state index < -0.39 is 0 Å². The highest BCUT2D eigenvalue weighted by molar-refractivity contribution is 5.39. The Hall–Kier alpha value is -1.29. The average Bonchev–Trinajstić information content (AvgIpc) is 2.16. The molecule has 0 bridgehead atoms. The van der Waals surface area contributed by atoms with Crippen LogP contribution in [0.3, 0.4) is 0 Å². The highest BCUT2D eigenvalue weighted by atomic mass is 16.5. The molecule has 1 aromatic heterocycles. The zero-order valence-corrected chi connectivity index (χ0v) is 10.4. The fourth-order valence-electron chi connectivity index (χ4n) is 1.18. The Bertz CT molecular complexity index is 321. The van der Waals surface area contributed by atoms with Gasteiger partial charge in [0, 0.05) is 18.7 Å². The van der Waals surface area contributed by atoms with E-state index in [2.05, 4.69) is 31.1 Å². The Labute approximate surface area is 97.0 Å². The fraction of sp³-hybridized carbons (Fsp3) is 0.583. The van der Waals surface area contributed by atoms with Crippen molar-refractivity contribution < 1.29 is 9.47 Å². The molecule has 0 aliphatic heterocycles. The van der Waals surface area contributed by atoms with Crippen LogP contribution in [0.15, 0.2) is 18.2 Å². The molecule has 1 N–H and O–H groups in total. The minimum absolute atomic E-state index is 0.00183. The van der Waals surface area contributed by atoms with Gasteiger partial charge in [0.2, 0.25) is 5.88 Å². The van der Waals surface area contributed by atoms with E-state index in [1.165, 1.54) is 0 Å². The highest BCUT2D eigenvalue weighted by Gasteiger charge is 2.10. The summed E-state index contributed by atoms with van der Waals surface area (Å²) in [5, 5.41) is 3.29.